The highest BCUT2D eigenvalue weighted by Crippen LogP contribution is 2.28. The zero-order valence-electron chi connectivity index (χ0n) is 9.32. The van der Waals surface area contributed by atoms with Crippen molar-refractivity contribution < 1.29 is 0 Å². The predicted octanol–water partition coefficient (Wildman–Crippen LogP) is 2.83. The number of nitrogens with zero attached hydrogens (tertiary/aromatic N) is 1. The third kappa shape index (κ3) is 3.20. The van der Waals surface area contributed by atoms with Gasteiger partial charge in [0.05, 0.1) is 10.7 Å². The van der Waals surface area contributed by atoms with Crippen molar-refractivity contribution in [3.63, 3.8) is 0 Å². The minimum atomic E-state index is 0.712. The number of rotatable bonds is 4. The fourth-order valence-corrected chi connectivity index (χ4v) is 3.49. The smallest absolute Gasteiger partial charge is 0.0897 e. The van der Waals surface area contributed by atoms with E-state index < -0.39 is 0 Å². The second kappa shape index (κ2) is 5.32. The van der Waals surface area contributed by atoms with Crippen molar-refractivity contribution in [2.24, 2.45) is 0 Å². The molecular weight excluding hydrogens is 224 g/mol. The van der Waals surface area contributed by atoms with Crippen LogP contribution in [-0.2, 0) is 6.54 Å². The molecule has 2 nitrogen and oxygen atoms in total. The Kier molecular flexibility index (Phi) is 4.05. The zero-order chi connectivity index (χ0) is 10.7. The Morgan fingerprint density at radius 2 is 2.47 bits per heavy atom. The molecule has 84 valence electrons. The Labute approximate surface area is 99.9 Å². The first-order valence-electron chi connectivity index (χ1n) is 5.45. The minimum Gasteiger partial charge on any atom is -0.308 e. The van der Waals surface area contributed by atoms with E-state index in [0.717, 1.165) is 11.8 Å². The maximum atomic E-state index is 4.46. The van der Waals surface area contributed by atoms with Gasteiger partial charge in [-0.15, -0.1) is 11.3 Å². The van der Waals surface area contributed by atoms with Gasteiger partial charge in [-0.2, -0.15) is 11.8 Å². The average molecular weight is 242 g/mol. The van der Waals surface area contributed by atoms with E-state index >= 15 is 0 Å². The van der Waals surface area contributed by atoms with Crippen LogP contribution < -0.4 is 5.32 Å². The molecule has 1 aromatic rings. The van der Waals surface area contributed by atoms with Crippen LogP contribution in [0.3, 0.4) is 0 Å². The van der Waals surface area contributed by atoms with Crippen LogP contribution in [0.15, 0.2) is 5.38 Å². The van der Waals surface area contributed by atoms with Crippen LogP contribution in [0.5, 0.6) is 0 Å². The van der Waals surface area contributed by atoms with Gasteiger partial charge in [0.25, 0.3) is 0 Å². The van der Waals surface area contributed by atoms with E-state index in [1.165, 1.54) is 30.0 Å². The van der Waals surface area contributed by atoms with E-state index in [4.69, 9.17) is 0 Å². The van der Waals surface area contributed by atoms with Crippen LogP contribution in [0, 0.1) is 6.92 Å². The number of thiazole rings is 1. The average Bonchev–Trinajstić information content (AvgIpc) is 2.83. The molecule has 15 heavy (non-hydrogen) atoms. The molecule has 4 heteroatoms. The molecule has 0 radical (unpaired) electrons. The van der Waals surface area contributed by atoms with E-state index in [1.807, 2.05) is 11.8 Å². The first-order chi connectivity index (χ1) is 7.28. The molecule has 1 heterocycles. The first-order valence-corrected chi connectivity index (χ1v) is 7.62. The van der Waals surface area contributed by atoms with Crippen molar-refractivity contribution in [1.82, 2.24) is 10.3 Å². The molecule has 1 aliphatic rings. The summed E-state index contributed by atoms with van der Waals surface area (Å²) >= 11 is 3.75. The number of aryl methyl sites for hydroxylation is 1. The molecule has 2 atom stereocenters. The third-order valence-corrected chi connectivity index (χ3v) is 4.87. The molecular formula is C11H18N2S2. The molecule has 2 rings (SSSR count). The van der Waals surface area contributed by atoms with Gasteiger partial charge >= 0.3 is 0 Å². The molecule has 0 saturated heterocycles. The molecule has 0 bridgehead atoms. The van der Waals surface area contributed by atoms with Gasteiger partial charge in [-0.1, -0.05) is 0 Å². The number of nitrogens with one attached hydrogen (secondary N) is 1. The topological polar surface area (TPSA) is 24.9 Å². The summed E-state index contributed by atoms with van der Waals surface area (Å²) in [5, 5.41) is 7.80. The fraction of sp³-hybridized carbons (Fsp3) is 0.727. The second-order valence-electron chi connectivity index (χ2n) is 4.11. The van der Waals surface area contributed by atoms with Crippen molar-refractivity contribution in [3.05, 3.63) is 16.1 Å². The Balaban J connectivity index is 1.75. The summed E-state index contributed by atoms with van der Waals surface area (Å²) in [6.07, 6.45) is 6.24. The van der Waals surface area contributed by atoms with Gasteiger partial charge in [0, 0.05) is 23.2 Å². The van der Waals surface area contributed by atoms with Gasteiger partial charge < -0.3 is 5.32 Å². The van der Waals surface area contributed by atoms with Gasteiger partial charge in [0.2, 0.25) is 0 Å². The number of thioether (sulfide) groups is 1. The molecule has 1 saturated carbocycles. The largest absolute Gasteiger partial charge is 0.308 e. The SMILES string of the molecule is CSC1CCC(NCc2csc(C)n2)C1. The molecule has 0 amide bonds. The van der Waals surface area contributed by atoms with Crippen LogP contribution in [0.25, 0.3) is 0 Å². The summed E-state index contributed by atoms with van der Waals surface area (Å²) in [7, 11) is 0. The predicted molar refractivity (Wildman–Crippen MR) is 68.6 cm³/mol. The summed E-state index contributed by atoms with van der Waals surface area (Å²) in [4.78, 5) is 4.46. The van der Waals surface area contributed by atoms with E-state index in [2.05, 4.69) is 28.9 Å². The maximum Gasteiger partial charge on any atom is 0.0897 e. The summed E-state index contributed by atoms with van der Waals surface area (Å²) in [5.74, 6) is 0. The lowest BCUT2D eigenvalue weighted by Gasteiger charge is -2.11. The Morgan fingerprint density at radius 3 is 3.07 bits per heavy atom. The van der Waals surface area contributed by atoms with Gasteiger partial charge in [0.15, 0.2) is 0 Å². The van der Waals surface area contributed by atoms with Crippen molar-refractivity contribution in [1.29, 1.82) is 0 Å². The fourth-order valence-electron chi connectivity index (χ4n) is 2.08. The first kappa shape index (κ1) is 11.4. The molecule has 1 fully saturated rings. The lowest BCUT2D eigenvalue weighted by molar-refractivity contribution is 0.521. The van der Waals surface area contributed by atoms with Crippen molar-refractivity contribution >= 4 is 23.1 Å². The highest BCUT2D eigenvalue weighted by molar-refractivity contribution is 7.99. The van der Waals surface area contributed by atoms with Crippen LogP contribution in [0.2, 0.25) is 0 Å². The minimum absolute atomic E-state index is 0.712. The Hall–Kier alpha value is -0.0600. The standard InChI is InChI=1S/C11H18N2S2/c1-8-13-10(7-15-8)6-12-9-3-4-11(5-9)14-2/h7,9,11-12H,3-6H2,1-2H3. The van der Waals surface area contributed by atoms with Crippen molar-refractivity contribution in [3.8, 4) is 0 Å². The Bertz CT molecular complexity index is 311. The van der Waals surface area contributed by atoms with Crippen LogP contribution in [0.1, 0.15) is 30.0 Å². The highest BCUT2D eigenvalue weighted by atomic mass is 32.2. The van der Waals surface area contributed by atoms with E-state index in [1.54, 1.807) is 11.3 Å². The summed E-state index contributed by atoms with van der Waals surface area (Å²) in [6.45, 7) is 3.00. The number of hydrogen-bond acceptors (Lipinski definition) is 4. The lowest BCUT2D eigenvalue weighted by atomic mass is 10.2. The number of aromatic nitrogens is 1. The van der Waals surface area contributed by atoms with E-state index in [9.17, 15) is 0 Å². The van der Waals surface area contributed by atoms with Crippen molar-refractivity contribution in [2.75, 3.05) is 6.26 Å². The molecule has 1 aliphatic carbocycles. The van der Waals surface area contributed by atoms with Crippen LogP contribution in [0.4, 0.5) is 0 Å². The highest BCUT2D eigenvalue weighted by Gasteiger charge is 2.23. The summed E-state index contributed by atoms with van der Waals surface area (Å²) in [5.41, 5.74) is 1.20. The lowest BCUT2D eigenvalue weighted by Crippen LogP contribution is -2.26. The molecule has 2 unspecified atom stereocenters. The molecule has 1 N–H and O–H groups in total. The van der Waals surface area contributed by atoms with Gasteiger partial charge in [-0.05, 0) is 32.4 Å². The van der Waals surface area contributed by atoms with Crippen LogP contribution in [-0.4, -0.2) is 22.5 Å². The molecule has 0 aliphatic heterocycles. The van der Waals surface area contributed by atoms with Gasteiger partial charge in [0.1, 0.15) is 0 Å². The molecule has 1 aromatic heterocycles. The zero-order valence-corrected chi connectivity index (χ0v) is 11.0. The molecule has 0 spiro atoms. The maximum absolute atomic E-state index is 4.46. The van der Waals surface area contributed by atoms with Crippen LogP contribution >= 0.6 is 23.1 Å². The molecule has 0 aromatic carbocycles. The van der Waals surface area contributed by atoms with Gasteiger partial charge in [-0.25, -0.2) is 4.98 Å². The normalized spacial score (nSPS) is 26.0. The van der Waals surface area contributed by atoms with Gasteiger partial charge in [-0.3, -0.25) is 0 Å². The van der Waals surface area contributed by atoms with E-state index in [0.29, 0.717) is 6.04 Å². The van der Waals surface area contributed by atoms with E-state index in [-0.39, 0.29) is 0 Å². The summed E-state index contributed by atoms with van der Waals surface area (Å²) in [6, 6.07) is 0.712. The van der Waals surface area contributed by atoms with Crippen molar-refractivity contribution in [2.45, 2.75) is 44.0 Å². The second-order valence-corrected chi connectivity index (χ2v) is 6.31. The summed E-state index contributed by atoms with van der Waals surface area (Å²) < 4.78 is 0. The third-order valence-electron chi connectivity index (χ3n) is 2.96. The Morgan fingerprint density at radius 1 is 1.60 bits per heavy atom. The quantitative estimate of drug-likeness (QED) is 0.879. The monoisotopic (exact) mass is 242 g/mol. The number of hydrogen-bond donors (Lipinski definition) is 1.